The van der Waals surface area contributed by atoms with Crippen molar-refractivity contribution >= 4 is 6.21 Å². The summed E-state index contributed by atoms with van der Waals surface area (Å²) in [4.78, 5) is 3.84. The van der Waals surface area contributed by atoms with Crippen LogP contribution in [-0.4, -0.2) is 31.5 Å². The molecule has 74 valence electrons. The van der Waals surface area contributed by atoms with E-state index < -0.39 is 11.9 Å². The van der Waals surface area contributed by atoms with Gasteiger partial charge in [0.1, 0.15) is 5.70 Å². The molecule has 0 aliphatic carbocycles. The van der Waals surface area contributed by atoms with Gasteiger partial charge >= 0.3 is 6.18 Å². The lowest BCUT2D eigenvalue weighted by Gasteiger charge is -2.22. The van der Waals surface area contributed by atoms with Crippen LogP contribution in [0.3, 0.4) is 0 Å². The number of aliphatic imine (C=N–C) groups is 1. The van der Waals surface area contributed by atoms with Crippen LogP contribution in [0.4, 0.5) is 13.2 Å². The number of halogens is 3. The highest BCUT2D eigenvalue weighted by Gasteiger charge is 2.30. The maximum Gasteiger partial charge on any atom is 0.430 e. The first-order chi connectivity index (χ1) is 6.00. The third-order valence-corrected chi connectivity index (χ3v) is 1.64. The highest BCUT2D eigenvalue weighted by atomic mass is 19.4. The fourth-order valence-electron chi connectivity index (χ4n) is 0.718. The maximum absolute atomic E-state index is 11.8. The van der Waals surface area contributed by atoms with Crippen molar-refractivity contribution in [3.8, 4) is 0 Å². The van der Waals surface area contributed by atoms with Crippen molar-refractivity contribution in [2.24, 2.45) is 10.7 Å². The molecule has 0 unspecified atom stereocenters. The van der Waals surface area contributed by atoms with Crippen molar-refractivity contribution in [2.45, 2.75) is 12.2 Å². The van der Waals surface area contributed by atoms with Crippen molar-refractivity contribution < 1.29 is 13.2 Å². The van der Waals surface area contributed by atoms with Crippen LogP contribution in [0.5, 0.6) is 0 Å². The largest absolute Gasteiger partial charge is 0.430 e. The summed E-state index contributed by atoms with van der Waals surface area (Å²) in [7, 11) is 0. The lowest BCUT2D eigenvalue weighted by molar-refractivity contribution is -0.0925. The van der Waals surface area contributed by atoms with Crippen LogP contribution in [0.25, 0.3) is 0 Å². The topological polar surface area (TPSA) is 50.4 Å². The molecule has 1 aliphatic rings. The number of alkyl halides is 3. The second-order valence-electron chi connectivity index (χ2n) is 2.73. The van der Waals surface area contributed by atoms with Gasteiger partial charge in [-0.15, -0.1) is 0 Å². The molecule has 3 N–H and O–H groups in total. The number of nitrogens with two attached hydrogens (primary N) is 1. The third kappa shape index (κ3) is 3.06. The number of nitrogens with zero attached hydrogens (tertiary/aromatic N) is 1. The van der Waals surface area contributed by atoms with Crippen LogP contribution in [0.1, 0.15) is 0 Å². The summed E-state index contributed by atoms with van der Waals surface area (Å²) in [5.74, 6) is 0. The highest BCUT2D eigenvalue weighted by Crippen LogP contribution is 2.20. The number of rotatable bonds is 2. The molecule has 1 heterocycles. The molecule has 13 heavy (non-hydrogen) atoms. The lowest BCUT2D eigenvalue weighted by Crippen LogP contribution is -2.45. The minimum absolute atomic E-state index is 0.0947. The zero-order chi connectivity index (χ0) is 9.90. The van der Waals surface area contributed by atoms with Crippen molar-refractivity contribution in [3.05, 3.63) is 11.8 Å². The van der Waals surface area contributed by atoms with E-state index in [1.807, 2.05) is 0 Å². The summed E-state index contributed by atoms with van der Waals surface area (Å²) < 4.78 is 35.4. The fraction of sp³-hybridized carbons (Fsp3) is 0.571. The SMILES string of the molecule is NC(=CC=NC1CNC1)C(F)(F)F. The minimum atomic E-state index is -4.45. The second-order valence-corrected chi connectivity index (χ2v) is 2.73. The average Bonchev–Trinajstić information content (AvgIpc) is 1.91. The zero-order valence-corrected chi connectivity index (χ0v) is 6.80. The van der Waals surface area contributed by atoms with Crippen LogP contribution in [0.2, 0.25) is 0 Å². The van der Waals surface area contributed by atoms with E-state index in [1.54, 1.807) is 0 Å². The molecule has 0 spiro atoms. The molecule has 6 heteroatoms. The Labute approximate surface area is 73.5 Å². The second kappa shape index (κ2) is 3.78. The Morgan fingerprint density at radius 3 is 2.46 bits per heavy atom. The van der Waals surface area contributed by atoms with Gasteiger partial charge in [0.25, 0.3) is 0 Å². The van der Waals surface area contributed by atoms with Crippen molar-refractivity contribution in [1.29, 1.82) is 0 Å². The number of nitrogens with one attached hydrogen (secondary N) is 1. The van der Waals surface area contributed by atoms with Gasteiger partial charge in [0, 0.05) is 19.3 Å². The average molecular weight is 193 g/mol. The van der Waals surface area contributed by atoms with E-state index >= 15 is 0 Å². The van der Waals surface area contributed by atoms with Crippen LogP contribution in [0.15, 0.2) is 16.8 Å². The molecule has 0 saturated carbocycles. The van der Waals surface area contributed by atoms with E-state index in [-0.39, 0.29) is 6.04 Å². The predicted molar refractivity (Wildman–Crippen MR) is 43.5 cm³/mol. The van der Waals surface area contributed by atoms with E-state index in [0.717, 1.165) is 25.4 Å². The summed E-state index contributed by atoms with van der Waals surface area (Å²) >= 11 is 0. The summed E-state index contributed by atoms with van der Waals surface area (Å²) in [5, 5.41) is 2.94. The van der Waals surface area contributed by atoms with Gasteiger partial charge in [0.2, 0.25) is 0 Å². The molecule has 0 aromatic rings. The van der Waals surface area contributed by atoms with Crippen LogP contribution in [-0.2, 0) is 0 Å². The molecule has 0 atom stereocenters. The van der Waals surface area contributed by atoms with Gasteiger partial charge < -0.3 is 11.1 Å². The van der Waals surface area contributed by atoms with Gasteiger partial charge in [-0.1, -0.05) is 0 Å². The molecule has 1 rings (SSSR count). The Balaban J connectivity index is 2.41. The van der Waals surface area contributed by atoms with Gasteiger partial charge in [-0.25, -0.2) is 0 Å². The summed E-state index contributed by atoms with van der Waals surface area (Å²) in [6.45, 7) is 1.44. The molecule has 0 aromatic heterocycles. The molecule has 0 radical (unpaired) electrons. The normalized spacial score (nSPS) is 20.7. The standard InChI is InChI=1S/C7H10F3N3/c8-7(9,10)6(11)1-2-13-5-3-12-4-5/h1-2,5,12H,3-4,11H2. The van der Waals surface area contributed by atoms with Crippen LogP contribution < -0.4 is 11.1 Å². The van der Waals surface area contributed by atoms with Gasteiger partial charge in [0.15, 0.2) is 0 Å². The van der Waals surface area contributed by atoms with E-state index in [0.29, 0.717) is 0 Å². The molecule has 3 nitrogen and oxygen atoms in total. The van der Waals surface area contributed by atoms with Crippen molar-refractivity contribution in [1.82, 2.24) is 5.32 Å². The first-order valence-electron chi connectivity index (χ1n) is 3.77. The molecule has 0 aromatic carbocycles. The first kappa shape index (κ1) is 10.0. The van der Waals surface area contributed by atoms with Crippen molar-refractivity contribution in [3.63, 3.8) is 0 Å². The Morgan fingerprint density at radius 2 is 2.08 bits per heavy atom. The van der Waals surface area contributed by atoms with Crippen LogP contribution >= 0.6 is 0 Å². The third-order valence-electron chi connectivity index (χ3n) is 1.64. The van der Waals surface area contributed by atoms with E-state index in [2.05, 4.69) is 10.3 Å². The molecule has 1 fully saturated rings. The molecule has 1 aliphatic heterocycles. The number of allylic oxidation sites excluding steroid dienone is 2. The fourth-order valence-corrected chi connectivity index (χ4v) is 0.718. The molecule has 0 bridgehead atoms. The smallest absolute Gasteiger partial charge is 0.395 e. The molecule has 1 saturated heterocycles. The van der Waals surface area contributed by atoms with Gasteiger partial charge in [-0.3, -0.25) is 4.99 Å². The first-order valence-corrected chi connectivity index (χ1v) is 3.77. The predicted octanol–water partition coefficient (Wildman–Crippen LogP) is 0.434. The van der Waals surface area contributed by atoms with E-state index in [1.165, 1.54) is 0 Å². The van der Waals surface area contributed by atoms with Gasteiger partial charge in [0.05, 0.1) is 6.04 Å². The molecule has 0 amide bonds. The number of hydrogen-bond donors (Lipinski definition) is 2. The Hall–Kier alpha value is -1.04. The monoisotopic (exact) mass is 193 g/mol. The van der Waals surface area contributed by atoms with E-state index in [9.17, 15) is 13.2 Å². The van der Waals surface area contributed by atoms with E-state index in [4.69, 9.17) is 5.73 Å². The molecular formula is C7H10F3N3. The lowest BCUT2D eigenvalue weighted by atomic mass is 10.2. The quantitative estimate of drug-likeness (QED) is 0.625. The summed E-state index contributed by atoms with van der Waals surface area (Å²) in [6.07, 6.45) is -2.57. The van der Waals surface area contributed by atoms with Gasteiger partial charge in [-0.05, 0) is 6.08 Å². The Kier molecular flexibility index (Phi) is 2.92. The maximum atomic E-state index is 11.8. The van der Waals surface area contributed by atoms with Crippen LogP contribution in [0, 0.1) is 0 Å². The molecular weight excluding hydrogens is 183 g/mol. The van der Waals surface area contributed by atoms with Crippen molar-refractivity contribution in [2.75, 3.05) is 13.1 Å². The Morgan fingerprint density at radius 1 is 1.46 bits per heavy atom. The van der Waals surface area contributed by atoms with Gasteiger partial charge in [-0.2, -0.15) is 13.2 Å². The summed E-state index contributed by atoms with van der Waals surface area (Å²) in [6, 6.07) is 0.0947. The highest BCUT2D eigenvalue weighted by molar-refractivity contribution is 5.72. The zero-order valence-electron chi connectivity index (χ0n) is 6.80. The minimum Gasteiger partial charge on any atom is -0.395 e. The summed E-state index contributed by atoms with van der Waals surface area (Å²) in [5.41, 5.74) is 3.60. The Bertz CT molecular complexity index is 228. The number of hydrogen-bond acceptors (Lipinski definition) is 3.